The SMILES string of the molecule is CCNC(=NCCCc1ccc(C(C)C)cc1)NCCc1noc(-c2ccccn2)n1. The summed E-state index contributed by atoms with van der Waals surface area (Å²) in [6.07, 6.45) is 4.39. The lowest BCUT2D eigenvalue weighted by atomic mass is 10.0. The summed E-state index contributed by atoms with van der Waals surface area (Å²) in [5, 5.41) is 10.7. The molecule has 0 aliphatic heterocycles. The summed E-state index contributed by atoms with van der Waals surface area (Å²) in [4.78, 5) is 13.3. The van der Waals surface area contributed by atoms with Gasteiger partial charge in [0.25, 0.3) is 5.89 Å². The predicted molar refractivity (Wildman–Crippen MR) is 124 cm³/mol. The Morgan fingerprint density at radius 2 is 1.90 bits per heavy atom. The van der Waals surface area contributed by atoms with Gasteiger partial charge in [-0.25, -0.2) is 0 Å². The first-order valence-corrected chi connectivity index (χ1v) is 11.0. The lowest BCUT2D eigenvalue weighted by Gasteiger charge is -2.10. The zero-order chi connectivity index (χ0) is 21.9. The largest absolute Gasteiger partial charge is 0.357 e. The molecule has 0 bridgehead atoms. The molecule has 2 heterocycles. The standard InChI is InChI=1S/C24H32N6O/c1-4-25-24(27-16-7-8-19-10-12-20(13-11-19)18(2)3)28-17-14-22-29-23(31-30-22)21-9-5-6-15-26-21/h5-6,9-13,15,18H,4,7-8,14,16-17H2,1-3H3,(H2,25,27,28). The molecule has 0 radical (unpaired) electrons. The molecule has 0 aliphatic carbocycles. The molecule has 7 nitrogen and oxygen atoms in total. The Kier molecular flexibility index (Phi) is 8.58. The van der Waals surface area contributed by atoms with Crippen LogP contribution in [-0.2, 0) is 12.8 Å². The van der Waals surface area contributed by atoms with Crippen LogP contribution in [0, 0.1) is 0 Å². The van der Waals surface area contributed by atoms with Crippen LogP contribution in [0.15, 0.2) is 58.2 Å². The fourth-order valence-electron chi connectivity index (χ4n) is 3.13. The van der Waals surface area contributed by atoms with E-state index in [-0.39, 0.29) is 0 Å². The van der Waals surface area contributed by atoms with E-state index in [9.17, 15) is 0 Å². The van der Waals surface area contributed by atoms with E-state index < -0.39 is 0 Å². The lowest BCUT2D eigenvalue weighted by molar-refractivity contribution is 0.421. The minimum absolute atomic E-state index is 0.442. The van der Waals surface area contributed by atoms with Crippen molar-refractivity contribution in [1.29, 1.82) is 0 Å². The molecule has 1 aromatic carbocycles. The van der Waals surface area contributed by atoms with Crippen molar-refractivity contribution in [2.24, 2.45) is 4.99 Å². The van der Waals surface area contributed by atoms with Gasteiger partial charge in [0, 0.05) is 32.3 Å². The summed E-state index contributed by atoms with van der Waals surface area (Å²) in [5.74, 6) is 2.47. The van der Waals surface area contributed by atoms with E-state index in [1.807, 2.05) is 18.2 Å². The van der Waals surface area contributed by atoms with E-state index in [2.05, 4.69) is 75.8 Å². The molecule has 0 fully saturated rings. The topological polar surface area (TPSA) is 88.2 Å². The highest BCUT2D eigenvalue weighted by molar-refractivity contribution is 5.79. The smallest absolute Gasteiger partial charge is 0.276 e. The third kappa shape index (κ3) is 7.20. The average molecular weight is 421 g/mol. The number of rotatable bonds is 10. The van der Waals surface area contributed by atoms with E-state index in [0.717, 1.165) is 31.9 Å². The van der Waals surface area contributed by atoms with Crippen LogP contribution in [-0.4, -0.2) is 40.7 Å². The van der Waals surface area contributed by atoms with Gasteiger partial charge >= 0.3 is 0 Å². The van der Waals surface area contributed by atoms with Crippen LogP contribution in [0.4, 0.5) is 0 Å². The fourth-order valence-corrected chi connectivity index (χ4v) is 3.13. The molecule has 0 saturated heterocycles. The van der Waals surface area contributed by atoms with Crippen molar-refractivity contribution >= 4 is 5.96 Å². The molecule has 0 aliphatic rings. The quantitative estimate of drug-likeness (QED) is 0.293. The summed E-state index contributed by atoms with van der Waals surface area (Å²) in [5.41, 5.74) is 3.43. The van der Waals surface area contributed by atoms with Crippen LogP contribution in [0.1, 0.15) is 50.1 Å². The molecule has 31 heavy (non-hydrogen) atoms. The molecule has 0 amide bonds. The third-order valence-corrected chi connectivity index (χ3v) is 4.88. The number of aliphatic imine (C=N–C) groups is 1. The first-order valence-electron chi connectivity index (χ1n) is 11.0. The zero-order valence-electron chi connectivity index (χ0n) is 18.6. The average Bonchev–Trinajstić information content (AvgIpc) is 3.26. The molecular weight excluding hydrogens is 388 g/mol. The Labute approximate surface area is 184 Å². The van der Waals surface area contributed by atoms with Crippen molar-refractivity contribution < 1.29 is 4.52 Å². The number of hydrogen-bond acceptors (Lipinski definition) is 5. The highest BCUT2D eigenvalue weighted by atomic mass is 16.5. The van der Waals surface area contributed by atoms with Crippen molar-refractivity contribution in [1.82, 2.24) is 25.8 Å². The van der Waals surface area contributed by atoms with E-state index in [4.69, 9.17) is 4.52 Å². The van der Waals surface area contributed by atoms with Gasteiger partial charge in [-0.1, -0.05) is 49.3 Å². The second kappa shape index (κ2) is 11.8. The van der Waals surface area contributed by atoms with Crippen molar-refractivity contribution in [3.63, 3.8) is 0 Å². The molecule has 0 atom stereocenters. The van der Waals surface area contributed by atoms with Gasteiger partial charge in [-0.3, -0.25) is 9.98 Å². The zero-order valence-corrected chi connectivity index (χ0v) is 18.6. The Balaban J connectivity index is 1.43. The molecule has 7 heteroatoms. The van der Waals surface area contributed by atoms with Crippen LogP contribution in [0.2, 0.25) is 0 Å². The molecule has 2 N–H and O–H groups in total. The van der Waals surface area contributed by atoms with Crippen LogP contribution in [0.5, 0.6) is 0 Å². The molecule has 0 spiro atoms. The maximum absolute atomic E-state index is 5.30. The minimum Gasteiger partial charge on any atom is -0.357 e. The summed E-state index contributed by atoms with van der Waals surface area (Å²) in [7, 11) is 0. The highest BCUT2D eigenvalue weighted by Crippen LogP contribution is 2.15. The highest BCUT2D eigenvalue weighted by Gasteiger charge is 2.09. The molecule has 2 aromatic heterocycles. The summed E-state index contributed by atoms with van der Waals surface area (Å²) in [6.45, 7) is 8.76. The summed E-state index contributed by atoms with van der Waals surface area (Å²) >= 11 is 0. The molecular formula is C24H32N6O. The van der Waals surface area contributed by atoms with Crippen LogP contribution >= 0.6 is 0 Å². The number of guanidine groups is 1. The van der Waals surface area contributed by atoms with E-state index >= 15 is 0 Å². The number of aromatic nitrogens is 3. The number of pyridine rings is 1. The second-order valence-electron chi connectivity index (χ2n) is 7.67. The number of nitrogens with zero attached hydrogens (tertiary/aromatic N) is 4. The van der Waals surface area contributed by atoms with Crippen molar-refractivity contribution in [2.45, 2.75) is 46.0 Å². The maximum atomic E-state index is 5.30. The summed E-state index contributed by atoms with van der Waals surface area (Å²) < 4.78 is 5.30. The van der Waals surface area contributed by atoms with Gasteiger partial charge in [-0.05, 0) is 48.9 Å². The second-order valence-corrected chi connectivity index (χ2v) is 7.67. The van der Waals surface area contributed by atoms with Gasteiger partial charge in [0.15, 0.2) is 11.8 Å². The van der Waals surface area contributed by atoms with Crippen molar-refractivity contribution in [3.05, 3.63) is 65.6 Å². The Morgan fingerprint density at radius 3 is 2.61 bits per heavy atom. The first kappa shape index (κ1) is 22.5. The Hall–Kier alpha value is -3.22. The van der Waals surface area contributed by atoms with E-state index in [0.29, 0.717) is 36.3 Å². The van der Waals surface area contributed by atoms with Gasteiger partial charge in [0.1, 0.15) is 5.69 Å². The van der Waals surface area contributed by atoms with Gasteiger partial charge in [-0.2, -0.15) is 4.98 Å². The fraction of sp³-hybridized carbons (Fsp3) is 0.417. The molecule has 3 rings (SSSR count). The maximum Gasteiger partial charge on any atom is 0.276 e. The van der Waals surface area contributed by atoms with E-state index in [1.165, 1.54) is 11.1 Å². The lowest BCUT2D eigenvalue weighted by Crippen LogP contribution is -2.38. The van der Waals surface area contributed by atoms with E-state index in [1.54, 1.807) is 6.20 Å². The number of hydrogen-bond donors (Lipinski definition) is 2. The number of benzene rings is 1. The number of nitrogens with one attached hydrogen (secondary N) is 2. The van der Waals surface area contributed by atoms with Gasteiger partial charge in [0.05, 0.1) is 0 Å². The van der Waals surface area contributed by atoms with Gasteiger partial charge in [0.2, 0.25) is 0 Å². The molecule has 0 saturated carbocycles. The van der Waals surface area contributed by atoms with Crippen LogP contribution < -0.4 is 10.6 Å². The first-order chi connectivity index (χ1) is 15.2. The third-order valence-electron chi connectivity index (χ3n) is 4.88. The van der Waals surface area contributed by atoms with Crippen LogP contribution in [0.3, 0.4) is 0 Å². The molecule has 164 valence electrons. The Bertz CT molecular complexity index is 934. The monoisotopic (exact) mass is 420 g/mol. The number of aryl methyl sites for hydroxylation is 1. The Morgan fingerprint density at radius 1 is 1.06 bits per heavy atom. The molecule has 0 unspecified atom stereocenters. The normalized spacial score (nSPS) is 11.7. The molecule has 3 aromatic rings. The summed E-state index contributed by atoms with van der Waals surface area (Å²) in [6, 6.07) is 14.5. The predicted octanol–water partition coefficient (Wildman–Crippen LogP) is 3.99. The van der Waals surface area contributed by atoms with Crippen molar-refractivity contribution in [2.75, 3.05) is 19.6 Å². The van der Waals surface area contributed by atoms with Gasteiger partial charge < -0.3 is 15.2 Å². The van der Waals surface area contributed by atoms with Crippen LogP contribution in [0.25, 0.3) is 11.6 Å². The van der Waals surface area contributed by atoms with Crippen molar-refractivity contribution in [3.8, 4) is 11.6 Å². The minimum atomic E-state index is 0.442. The van der Waals surface area contributed by atoms with Gasteiger partial charge in [-0.15, -0.1) is 0 Å².